The molecule has 0 saturated carbocycles. The zero-order valence-electron chi connectivity index (χ0n) is 10.9. The summed E-state index contributed by atoms with van der Waals surface area (Å²) >= 11 is 0. The molecule has 0 aliphatic carbocycles. The lowest BCUT2D eigenvalue weighted by atomic mass is 9.84. The van der Waals surface area contributed by atoms with Crippen LogP contribution in [0.2, 0.25) is 0 Å². The highest BCUT2D eigenvalue weighted by Crippen LogP contribution is 2.27. The maximum atomic E-state index is 9.50. The standard InChI is InChI=1S/C14H23NO/c1-9-8-11(14(3,4)5)6-7-12(9)13(15)10(2)16/h6-8,10,13,16H,15H2,1-5H3. The number of hydrogen-bond acceptors (Lipinski definition) is 2. The topological polar surface area (TPSA) is 46.2 Å². The van der Waals surface area contributed by atoms with Crippen LogP contribution in [0.3, 0.4) is 0 Å². The van der Waals surface area contributed by atoms with Gasteiger partial charge >= 0.3 is 0 Å². The summed E-state index contributed by atoms with van der Waals surface area (Å²) in [5.74, 6) is 0. The van der Waals surface area contributed by atoms with E-state index in [9.17, 15) is 5.11 Å². The fourth-order valence-corrected chi connectivity index (χ4v) is 1.78. The molecule has 3 N–H and O–H groups in total. The van der Waals surface area contributed by atoms with Crippen LogP contribution in [0.5, 0.6) is 0 Å². The molecule has 2 unspecified atom stereocenters. The predicted molar refractivity (Wildman–Crippen MR) is 68.5 cm³/mol. The number of aliphatic hydroxyl groups excluding tert-OH is 1. The Morgan fingerprint density at radius 2 is 1.81 bits per heavy atom. The summed E-state index contributed by atoms with van der Waals surface area (Å²) in [5, 5.41) is 9.50. The molecule has 16 heavy (non-hydrogen) atoms. The second-order valence-electron chi connectivity index (χ2n) is 5.59. The Balaban J connectivity index is 3.10. The van der Waals surface area contributed by atoms with Gasteiger partial charge in [-0.2, -0.15) is 0 Å². The molecule has 0 spiro atoms. The van der Waals surface area contributed by atoms with Gasteiger partial charge in [0, 0.05) is 0 Å². The van der Waals surface area contributed by atoms with E-state index in [0.717, 1.165) is 11.1 Å². The summed E-state index contributed by atoms with van der Waals surface area (Å²) in [6.45, 7) is 10.3. The van der Waals surface area contributed by atoms with Crippen molar-refractivity contribution in [2.45, 2.75) is 52.2 Å². The maximum absolute atomic E-state index is 9.50. The molecule has 1 aromatic rings. The van der Waals surface area contributed by atoms with Gasteiger partial charge in [-0.3, -0.25) is 0 Å². The maximum Gasteiger partial charge on any atom is 0.0704 e. The lowest BCUT2D eigenvalue weighted by Gasteiger charge is -2.23. The van der Waals surface area contributed by atoms with E-state index in [0.29, 0.717) is 0 Å². The molecule has 0 fully saturated rings. The second kappa shape index (κ2) is 4.56. The van der Waals surface area contributed by atoms with Crippen LogP contribution in [-0.2, 0) is 5.41 Å². The minimum absolute atomic E-state index is 0.151. The first-order valence-corrected chi connectivity index (χ1v) is 5.78. The molecule has 0 saturated heterocycles. The first-order valence-electron chi connectivity index (χ1n) is 5.78. The SMILES string of the molecule is Cc1cc(C(C)(C)C)ccc1C(N)C(C)O. The van der Waals surface area contributed by atoms with Crippen molar-refractivity contribution in [3.05, 3.63) is 34.9 Å². The minimum Gasteiger partial charge on any atom is -0.391 e. The van der Waals surface area contributed by atoms with Gasteiger partial charge in [0.25, 0.3) is 0 Å². The molecule has 1 rings (SSSR count). The highest BCUT2D eigenvalue weighted by Gasteiger charge is 2.18. The number of rotatable bonds is 2. The van der Waals surface area contributed by atoms with Crippen LogP contribution in [0.1, 0.15) is 50.4 Å². The molecular formula is C14H23NO. The van der Waals surface area contributed by atoms with Crippen LogP contribution in [-0.4, -0.2) is 11.2 Å². The van der Waals surface area contributed by atoms with Crippen molar-refractivity contribution in [1.29, 1.82) is 0 Å². The van der Waals surface area contributed by atoms with Crippen molar-refractivity contribution in [1.82, 2.24) is 0 Å². The largest absolute Gasteiger partial charge is 0.391 e. The molecule has 0 amide bonds. The predicted octanol–water partition coefficient (Wildman–Crippen LogP) is 2.67. The van der Waals surface area contributed by atoms with E-state index in [1.807, 2.05) is 13.0 Å². The van der Waals surface area contributed by atoms with Gasteiger partial charge in [-0.15, -0.1) is 0 Å². The molecule has 0 bridgehead atoms. The number of benzene rings is 1. The molecular weight excluding hydrogens is 198 g/mol. The second-order valence-corrected chi connectivity index (χ2v) is 5.59. The van der Waals surface area contributed by atoms with Crippen molar-refractivity contribution in [2.24, 2.45) is 5.73 Å². The Hall–Kier alpha value is -0.860. The number of hydrogen-bond donors (Lipinski definition) is 2. The van der Waals surface area contributed by atoms with Crippen LogP contribution < -0.4 is 5.73 Å². The molecule has 2 heteroatoms. The van der Waals surface area contributed by atoms with E-state index in [1.54, 1.807) is 6.92 Å². The fraction of sp³-hybridized carbons (Fsp3) is 0.571. The van der Waals surface area contributed by atoms with Gasteiger partial charge in [-0.1, -0.05) is 39.0 Å². The zero-order valence-corrected chi connectivity index (χ0v) is 10.9. The summed E-state index contributed by atoms with van der Waals surface area (Å²) in [6, 6.07) is 6.00. The average molecular weight is 221 g/mol. The van der Waals surface area contributed by atoms with Crippen LogP contribution >= 0.6 is 0 Å². The third-order valence-corrected chi connectivity index (χ3v) is 3.01. The Morgan fingerprint density at radius 1 is 1.25 bits per heavy atom. The van der Waals surface area contributed by atoms with Crippen molar-refractivity contribution >= 4 is 0 Å². The fourth-order valence-electron chi connectivity index (χ4n) is 1.78. The average Bonchev–Trinajstić information content (AvgIpc) is 2.15. The lowest BCUT2D eigenvalue weighted by molar-refractivity contribution is 0.164. The minimum atomic E-state index is -0.515. The van der Waals surface area contributed by atoms with E-state index >= 15 is 0 Å². The Labute approximate surface area is 98.5 Å². The molecule has 0 aromatic heterocycles. The van der Waals surface area contributed by atoms with Crippen molar-refractivity contribution in [3.8, 4) is 0 Å². The Morgan fingerprint density at radius 3 is 2.19 bits per heavy atom. The molecule has 2 nitrogen and oxygen atoms in total. The lowest BCUT2D eigenvalue weighted by Crippen LogP contribution is -2.24. The summed E-state index contributed by atoms with van der Waals surface area (Å²) in [7, 11) is 0. The molecule has 1 aromatic carbocycles. The van der Waals surface area contributed by atoms with E-state index in [2.05, 4.69) is 32.9 Å². The van der Waals surface area contributed by atoms with E-state index in [-0.39, 0.29) is 11.5 Å². The Kier molecular flexibility index (Phi) is 3.76. The number of aliphatic hydroxyl groups is 1. The molecule has 0 aliphatic heterocycles. The van der Waals surface area contributed by atoms with Gasteiger partial charge in [0.15, 0.2) is 0 Å². The quantitative estimate of drug-likeness (QED) is 0.806. The van der Waals surface area contributed by atoms with E-state index < -0.39 is 6.10 Å². The van der Waals surface area contributed by atoms with Crippen LogP contribution in [0.4, 0.5) is 0 Å². The van der Waals surface area contributed by atoms with Gasteiger partial charge in [-0.25, -0.2) is 0 Å². The van der Waals surface area contributed by atoms with Crippen LogP contribution in [0, 0.1) is 6.92 Å². The van der Waals surface area contributed by atoms with Gasteiger partial charge in [0.2, 0.25) is 0 Å². The monoisotopic (exact) mass is 221 g/mol. The van der Waals surface area contributed by atoms with Gasteiger partial charge in [0.05, 0.1) is 12.1 Å². The first-order chi connectivity index (χ1) is 7.23. The van der Waals surface area contributed by atoms with Crippen molar-refractivity contribution < 1.29 is 5.11 Å². The van der Waals surface area contributed by atoms with Crippen LogP contribution in [0.25, 0.3) is 0 Å². The highest BCUT2D eigenvalue weighted by atomic mass is 16.3. The molecule has 2 atom stereocenters. The highest BCUT2D eigenvalue weighted by molar-refractivity contribution is 5.36. The van der Waals surface area contributed by atoms with E-state index in [1.165, 1.54) is 5.56 Å². The number of nitrogens with two attached hydrogens (primary N) is 1. The smallest absolute Gasteiger partial charge is 0.0704 e. The summed E-state index contributed by atoms with van der Waals surface area (Å²) < 4.78 is 0. The molecule has 90 valence electrons. The summed E-state index contributed by atoms with van der Waals surface area (Å²) in [6.07, 6.45) is -0.515. The van der Waals surface area contributed by atoms with E-state index in [4.69, 9.17) is 5.73 Å². The normalized spacial score (nSPS) is 15.9. The molecule has 0 heterocycles. The summed E-state index contributed by atoms with van der Waals surface area (Å²) in [4.78, 5) is 0. The number of aryl methyl sites for hydroxylation is 1. The van der Waals surface area contributed by atoms with Crippen LogP contribution in [0.15, 0.2) is 18.2 Å². The Bertz CT molecular complexity index is 363. The third kappa shape index (κ3) is 2.83. The van der Waals surface area contributed by atoms with Gasteiger partial charge < -0.3 is 10.8 Å². The zero-order chi connectivity index (χ0) is 12.5. The van der Waals surface area contributed by atoms with Crippen molar-refractivity contribution in [3.63, 3.8) is 0 Å². The first kappa shape index (κ1) is 13.2. The molecule has 0 aliphatic rings. The third-order valence-electron chi connectivity index (χ3n) is 3.01. The summed E-state index contributed by atoms with van der Waals surface area (Å²) in [5.41, 5.74) is 9.58. The van der Waals surface area contributed by atoms with Crippen molar-refractivity contribution in [2.75, 3.05) is 0 Å². The van der Waals surface area contributed by atoms with Gasteiger partial charge in [0.1, 0.15) is 0 Å². The molecule has 0 radical (unpaired) electrons. The van der Waals surface area contributed by atoms with Gasteiger partial charge in [-0.05, 0) is 36.0 Å².